The number of hydrogen-bond donors (Lipinski definition) is 2. The summed E-state index contributed by atoms with van der Waals surface area (Å²) in [6.45, 7) is 4.47. The molecule has 0 spiro atoms. The minimum Gasteiger partial charge on any atom is -0.477 e. The fraction of sp³-hybridized carbons (Fsp3) is 0.500. The molecule has 1 aliphatic heterocycles. The Hall–Kier alpha value is -1.62. The molecule has 1 aromatic rings. The molecule has 1 amide bonds. The summed E-state index contributed by atoms with van der Waals surface area (Å²) in [7, 11) is 0. The lowest BCUT2D eigenvalue weighted by Gasteiger charge is -2.11. The van der Waals surface area contributed by atoms with Crippen LogP contribution in [0.1, 0.15) is 22.5 Å². The van der Waals surface area contributed by atoms with Crippen LogP contribution in [0, 0.1) is 12.8 Å². The third kappa shape index (κ3) is 3.17. The van der Waals surface area contributed by atoms with E-state index >= 15 is 0 Å². The molecule has 2 heterocycles. The van der Waals surface area contributed by atoms with Gasteiger partial charge in [-0.2, -0.15) is 0 Å². The largest absolute Gasteiger partial charge is 0.477 e. The lowest BCUT2D eigenvalue weighted by atomic mass is 10.1. The Labute approximate surface area is 100 Å². The quantitative estimate of drug-likeness (QED) is 0.795. The number of ether oxygens (including phenoxy) is 1. The van der Waals surface area contributed by atoms with Gasteiger partial charge in [0.15, 0.2) is 0 Å². The summed E-state index contributed by atoms with van der Waals surface area (Å²) in [4.78, 5) is 15.3. The number of primary amides is 1. The number of nitrogens with zero attached hydrogens (tertiary/aromatic N) is 1. The molecule has 1 aliphatic rings. The molecule has 0 bridgehead atoms. The first-order chi connectivity index (χ1) is 8.15. The summed E-state index contributed by atoms with van der Waals surface area (Å²) in [5, 5.41) is 3.28. The van der Waals surface area contributed by atoms with E-state index in [-0.39, 0.29) is 0 Å². The second kappa shape index (κ2) is 5.14. The van der Waals surface area contributed by atoms with Crippen LogP contribution in [0.2, 0.25) is 0 Å². The van der Waals surface area contributed by atoms with Crippen LogP contribution in [0.5, 0.6) is 5.88 Å². The molecule has 1 unspecified atom stereocenters. The monoisotopic (exact) mass is 235 g/mol. The Kier molecular flexibility index (Phi) is 3.58. The fourth-order valence-corrected chi connectivity index (χ4v) is 1.91. The van der Waals surface area contributed by atoms with Crippen LogP contribution in [0.25, 0.3) is 0 Å². The maximum Gasteiger partial charge on any atom is 0.248 e. The van der Waals surface area contributed by atoms with Crippen molar-refractivity contribution in [3.05, 3.63) is 23.4 Å². The van der Waals surface area contributed by atoms with E-state index in [1.54, 1.807) is 12.1 Å². The van der Waals surface area contributed by atoms with Crippen molar-refractivity contribution in [1.29, 1.82) is 0 Å². The number of aromatic nitrogens is 1. The third-order valence-corrected chi connectivity index (χ3v) is 2.84. The molecule has 1 fully saturated rings. The highest BCUT2D eigenvalue weighted by Gasteiger charge is 2.15. The molecule has 5 heteroatoms. The molecule has 17 heavy (non-hydrogen) atoms. The Bertz CT molecular complexity index is 414. The van der Waals surface area contributed by atoms with E-state index in [4.69, 9.17) is 10.5 Å². The maximum atomic E-state index is 11.1. The number of nitrogens with one attached hydrogen (secondary N) is 1. The van der Waals surface area contributed by atoms with Crippen molar-refractivity contribution in [3.8, 4) is 5.88 Å². The SMILES string of the molecule is Cc1cc(C(N)=O)cc(OCC2CCNC2)n1. The molecule has 0 aliphatic carbocycles. The fourth-order valence-electron chi connectivity index (χ4n) is 1.91. The van der Waals surface area contributed by atoms with Gasteiger partial charge in [-0.3, -0.25) is 4.79 Å². The Morgan fingerprint density at radius 2 is 2.47 bits per heavy atom. The van der Waals surface area contributed by atoms with Crippen molar-refractivity contribution in [2.24, 2.45) is 11.7 Å². The molecular formula is C12H17N3O2. The lowest BCUT2D eigenvalue weighted by Crippen LogP contribution is -2.17. The van der Waals surface area contributed by atoms with Crippen LogP contribution >= 0.6 is 0 Å². The van der Waals surface area contributed by atoms with Crippen LogP contribution in [0.3, 0.4) is 0 Å². The normalized spacial score (nSPS) is 19.2. The summed E-state index contributed by atoms with van der Waals surface area (Å²) >= 11 is 0. The van der Waals surface area contributed by atoms with Crippen molar-refractivity contribution >= 4 is 5.91 Å². The molecule has 1 aromatic heterocycles. The number of amides is 1. The number of carbonyl (C=O) groups excluding carboxylic acids is 1. The summed E-state index contributed by atoms with van der Waals surface area (Å²) < 4.78 is 5.60. The first-order valence-corrected chi connectivity index (χ1v) is 5.77. The molecular weight excluding hydrogens is 218 g/mol. The zero-order chi connectivity index (χ0) is 12.3. The Morgan fingerprint density at radius 1 is 1.65 bits per heavy atom. The van der Waals surface area contributed by atoms with Gasteiger partial charge in [0.1, 0.15) is 0 Å². The molecule has 1 atom stereocenters. The second-order valence-corrected chi connectivity index (χ2v) is 4.37. The standard InChI is InChI=1S/C12H17N3O2/c1-8-4-10(12(13)16)5-11(15-8)17-7-9-2-3-14-6-9/h4-5,9,14H,2-3,6-7H2,1H3,(H2,13,16). The van der Waals surface area contributed by atoms with E-state index in [2.05, 4.69) is 10.3 Å². The van der Waals surface area contributed by atoms with Gasteiger partial charge < -0.3 is 15.8 Å². The topological polar surface area (TPSA) is 77.2 Å². The molecule has 0 aromatic carbocycles. The first-order valence-electron chi connectivity index (χ1n) is 5.77. The number of carbonyl (C=O) groups is 1. The van der Waals surface area contributed by atoms with Crippen LogP contribution in [-0.4, -0.2) is 30.6 Å². The van der Waals surface area contributed by atoms with Gasteiger partial charge in [0.25, 0.3) is 0 Å². The van der Waals surface area contributed by atoms with Gasteiger partial charge in [-0.15, -0.1) is 0 Å². The highest BCUT2D eigenvalue weighted by Crippen LogP contribution is 2.15. The molecule has 5 nitrogen and oxygen atoms in total. The Morgan fingerprint density at radius 3 is 3.12 bits per heavy atom. The first kappa shape index (κ1) is 11.9. The van der Waals surface area contributed by atoms with Gasteiger partial charge in [-0.05, 0) is 26.0 Å². The zero-order valence-electron chi connectivity index (χ0n) is 9.90. The number of pyridine rings is 1. The summed E-state index contributed by atoms with van der Waals surface area (Å²) in [5.41, 5.74) is 6.42. The number of aryl methyl sites for hydroxylation is 1. The molecule has 0 radical (unpaired) electrons. The van der Waals surface area contributed by atoms with Gasteiger partial charge >= 0.3 is 0 Å². The molecule has 0 saturated carbocycles. The van der Waals surface area contributed by atoms with Crippen molar-refractivity contribution in [2.45, 2.75) is 13.3 Å². The summed E-state index contributed by atoms with van der Waals surface area (Å²) in [5.74, 6) is 0.544. The average molecular weight is 235 g/mol. The predicted molar refractivity (Wildman–Crippen MR) is 64.0 cm³/mol. The molecule has 1 saturated heterocycles. The van der Waals surface area contributed by atoms with Gasteiger partial charge in [0.2, 0.25) is 11.8 Å². The smallest absolute Gasteiger partial charge is 0.248 e. The number of rotatable bonds is 4. The van der Waals surface area contributed by atoms with Crippen molar-refractivity contribution < 1.29 is 9.53 Å². The Balaban J connectivity index is 2.01. The van der Waals surface area contributed by atoms with Crippen molar-refractivity contribution in [3.63, 3.8) is 0 Å². The highest BCUT2D eigenvalue weighted by atomic mass is 16.5. The second-order valence-electron chi connectivity index (χ2n) is 4.37. The molecule has 92 valence electrons. The predicted octanol–water partition coefficient (Wildman–Crippen LogP) is 0.477. The van der Waals surface area contributed by atoms with E-state index in [1.165, 1.54) is 0 Å². The van der Waals surface area contributed by atoms with Gasteiger partial charge in [0, 0.05) is 29.8 Å². The lowest BCUT2D eigenvalue weighted by molar-refractivity contribution is 0.0999. The third-order valence-electron chi connectivity index (χ3n) is 2.84. The average Bonchev–Trinajstić information content (AvgIpc) is 2.78. The highest BCUT2D eigenvalue weighted by molar-refractivity contribution is 5.93. The van der Waals surface area contributed by atoms with Crippen LogP contribution in [0.4, 0.5) is 0 Å². The minimum atomic E-state index is -0.456. The minimum absolute atomic E-state index is 0.442. The van der Waals surface area contributed by atoms with Crippen LogP contribution < -0.4 is 15.8 Å². The summed E-state index contributed by atoms with van der Waals surface area (Å²) in [6.07, 6.45) is 1.12. The van der Waals surface area contributed by atoms with Crippen molar-refractivity contribution in [1.82, 2.24) is 10.3 Å². The van der Waals surface area contributed by atoms with Gasteiger partial charge in [-0.25, -0.2) is 4.98 Å². The van der Waals surface area contributed by atoms with Crippen LogP contribution in [0.15, 0.2) is 12.1 Å². The van der Waals surface area contributed by atoms with E-state index in [1.807, 2.05) is 6.92 Å². The van der Waals surface area contributed by atoms with Gasteiger partial charge in [0.05, 0.1) is 6.61 Å². The van der Waals surface area contributed by atoms with Crippen molar-refractivity contribution in [2.75, 3.05) is 19.7 Å². The van der Waals surface area contributed by atoms with E-state index in [0.29, 0.717) is 24.0 Å². The van der Waals surface area contributed by atoms with E-state index in [0.717, 1.165) is 25.2 Å². The summed E-state index contributed by atoms with van der Waals surface area (Å²) in [6, 6.07) is 3.25. The van der Waals surface area contributed by atoms with E-state index in [9.17, 15) is 4.79 Å². The maximum absolute atomic E-state index is 11.1. The van der Waals surface area contributed by atoms with Crippen LogP contribution in [-0.2, 0) is 0 Å². The molecule has 2 rings (SSSR count). The number of nitrogens with two attached hydrogens (primary N) is 1. The number of hydrogen-bond acceptors (Lipinski definition) is 4. The molecule has 3 N–H and O–H groups in total. The van der Waals surface area contributed by atoms with Gasteiger partial charge in [-0.1, -0.05) is 0 Å². The zero-order valence-corrected chi connectivity index (χ0v) is 9.90. The van der Waals surface area contributed by atoms with E-state index < -0.39 is 5.91 Å².